The number of carboxylic acid groups (broad SMARTS) is 1. The van der Waals surface area contributed by atoms with Crippen LogP contribution in [0.5, 0.6) is 0 Å². The molecule has 3 aromatic heterocycles. The molecule has 1 aromatic carbocycles. The molecule has 8 nitrogen and oxygen atoms in total. The molecule has 0 bridgehead atoms. The molecule has 0 amide bonds. The molecule has 4 aromatic rings. The Morgan fingerprint density at radius 3 is 2.93 bits per heavy atom. The summed E-state index contributed by atoms with van der Waals surface area (Å²) in [5.41, 5.74) is 2.55. The number of carboxylic acids is 1. The van der Waals surface area contributed by atoms with Crippen LogP contribution in [0.2, 0.25) is 0 Å². The number of hydrogen-bond acceptors (Lipinski definition) is 7. The van der Waals surface area contributed by atoms with Crippen LogP contribution in [0.3, 0.4) is 0 Å². The van der Waals surface area contributed by atoms with Crippen molar-refractivity contribution in [2.45, 2.75) is 0 Å². The highest BCUT2D eigenvalue weighted by molar-refractivity contribution is 7.44. The molecule has 1 atom stereocenters. The summed E-state index contributed by atoms with van der Waals surface area (Å²) >= 11 is 0. The number of morpholine rings is 1. The molecule has 0 radical (unpaired) electrons. The third kappa shape index (κ3) is 2.63. The van der Waals surface area contributed by atoms with Gasteiger partial charge in [0.2, 0.25) is 4.70 Å². The number of H-pyrrole nitrogens is 1. The van der Waals surface area contributed by atoms with E-state index in [2.05, 4.69) is 36.5 Å². The average molecular weight is 381 g/mol. The third-order valence-corrected chi connectivity index (χ3v) is 6.74. The minimum Gasteiger partial charge on any atom is -0.542 e. The van der Waals surface area contributed by atoms with Crippen LogP contribution in [0.25, 0.3) is 26.0 Å². The van der Waals surface area contributed by atoms with E-state index in [-0.39, 0.29) is 5.82 Å². The van der Waals surface area contributed by atoms with Crippen molar-refractivity contribution in [1.29, 1.82) is 0 Å². The average Bonchev–Trinajstić information content (AvgIpc) is 3.32. The third-order valence-electron chi connectivity index (χ3n) is 4.68. The second-order valence-electron chi connectivity index (χ2n) is 6.22. The molecular weight excluding hydrogens is 366 g/mol. The molecule has 4 heterocycles. The molecule has 1 aliphatic heterocycles. The molecule has 0 aliphatic carbocycles. The summed E-state index contributed by atoms with van der Waals surface area (Å²) in [5, 5.41) is 21.6. The second-order valence-corrected chi connectivity index (χ2v) is 8.01. The largest absolute Gasteiger partial charge is 0.542 e. The van der Waals surface area contributed by atoms with Crippen LogP contribution in [-0.4, -0.2) is 52.4 Å². The Balaban J connectivity index is 1.77. The van der Waals surface area contributed by atoms with Gasteiger partial charge in [-0.1, -0.05) is 6.07 Å². The SMILES string of the molecule is O=C([O-])c1ncc2c(n1)c(N1CCOCC1)c[s+]2-c1cccc2[nH]ncc12. The maximum Gasteiger partial charge on any atom is 0.225 e. The lowest BCUT2D eigenvalue weighted by atomic mass is 10.3. The zero-order valence-electron chi connectivity index (χ0n) is 14.2. The van der Waals surface area contributed by atoms with Crippen molar-refractivity contribution in [3.05, 3.63) is 41.8 Å². The van der Waals surface area contributed by atoms with Gasteiger partial charge in [0.1, 0.15) is 11.7 Å². The topological polar surface area (TPSA) is 107 Å². The normalized spacial score (nSPS) is 15.6. The van der Waals surface area contributed by atoms with Gasteiger partial charge in [0.25, 0.3) is 0 Å². The lowest BCUT2D eigenvalue weighted by molar-refractivity contribution is -0.256. The van der Waals surface area contributed by atoms with Gasteiger partial charge < -0.3 is 19.5 Å². The van der Waals surface area contributed by atoms with Crippen molar-refractivity contribution in [1.82, 2.24) is 20.2 Å². The maximum atomic E-state index is 11.3. The summed E-state index contributed by atoms with van der Waals surface area (Å²) in [6.07, 6.45) is 3.42. The number of aromatic amines is 1. The number of carbonyl (C=O) groups excluding carboxylic acids is 1. The first-order valence-electron chi connectivity index (χ1n) is 8.51. The Morgan fingerprint density at radius 1 is 1.26 bits per heavy atom. The van der Waals surface area contributed by atoms with E-state index in [9.17, 15) is 9.90 Å². The zero-order chi connectivity index (χ0) is 18.4. The minimum absolute atomic E-state index is 0.292. The number of benzene rings is 1. The van der Waals surface area contributed by atoms with E-state index < -0.39 is 16.4 Å². The fraction of sp³-hybridized carbons (Fsp3) is 0.222. The first-order valence-corrected chi connectivity index (χ1v) is 9.79. The molecule has 1 fully saturated rings. The van der Waals surface area contributed by atoms with Crippen LogP contribution in [0.4, 0.5) is 5.69 Å². The molecule has 0 saturated carbocycles. The highest BCUT2D eigenvalue weighted by atomic mass is 32.2. The van der Waals surface area contributed by atoms with E-state index in [4.69, 9.17) is 4.74 Å². The lowest BCUT2D eigenvalue weighted by Gasteiger charge is -2.26. The molecule has 1 unspecified atom stereocenters. The van der Waals surface area contributed by atoms with Crippen molar-refractivity contribution < 1.29 is 14.6 Å². The van der Waals surface area contributed by atoms with Gasteiger partial charge in [-0.2, -0.15) is 5.10 Å². The molecule has 0 spiro atoms. The first kappa shape index (κ1) is 16.2. The fourth-order valence-corrected chi connectivity index (χ4v) is 5.51. The summed E-state index contributed by atoms with van der Waals surface area (Å²) in [7, 11) is -0.415. The van der Waals surface area contributed by atoms with Gasteiger partial charge in [0.05, 0.1) is 36.5 Å². The second kappa shape index (κ2) is 6.29. The monoisotopic (exact) mass is 381 g/mol. The number of ether oxygens (including phenoxy) is 1. The van der Waals surface area contributed by atoms with Crippen molar-refractivity contribution in [2.75, 3.05) is 31.2 Å². The van der Waals surface area contributed by atoms with E-state index in [1.54, 1.807) is 6.20 Å². The van der Waals surface area contributed by atoms with Crippen LogP contribution < -0.4 is 10.0 Å². The van der Waals surface area contributed by atoms with Crippen molar-refractivity contribution >= 4 is 43.2 Å². The fourth-order valence-electron chi connectivity index (χ4n) is 3.39. The van der Waals surface area contributed by atoms with Gasteiger partial charge in [-0.3, -0.25) is 5.10 Å². The highest BCUT2D eigenvalue weighted by Crippen LogP contribution is 2.47. The molecular formula is C18H15N5O3S. The molecule has 27 heavy (non-hydrogen) atoms. The van der Waals surface area contributed by atoms with Crippen LogP contribution >= 0.6 is 10.5 Å². The van der Waals surface area contributed by atoms with E-state index in [0.717, 1.165) is 39.3 Å². The summed E-state index contributed by atoms with van der Waals surface area (Å²) in [5.74, 6) is -1.66. The number of aromatic carboxylic acids is 1. The lowest BCUT2D eigenvalue weighted by Crippen LogP contribution is -2.36. The predicted octanol–water partition coefficient (Wildman–Crippen LogP) is 1.44. The number of nitrogens with zero attached hydrogens (tertiary/aromatic N) is 4. The summed E-state index contributed by atoms with van der Waals surface area (Å²) in [4.78, 5) is 22.9. The molecule has 1 saturated heterocycles. The number of rotatable bonds is 3. The Labute approximate surface area is 156 Å². The van der Waals surface area contributed by atoms with Crippen molar-refractivity contribution in [3.63, 3.8) is 0 Å². The van der Waals surface area contributed by atoms with Crippen LogP contribution in [-0.2, 0) is 4.74 Å². The number of nitrogens with one attached hydrogen (secondary N) is 1. The maximum absolute atomic E-state index is 11.3. The Morgan fingerprint density at radius 2 is 2.11 bits per heavy atom. The molecule has 9 heteroatoms. The Bertz CT molecular complexity index is 1160. The minimum atomic E-state index is -1.37. The molecule has 136 valence electrons. The smallest absolute Gasteiger partial charge is 0.225 e. The van der Waals surface area contributed by atoms with Gasteiger partial charge in [0.15, 0.2) is 21.6 Å². The summed E-state index contributed by atoms with van der Waals surface area (Å²) in [6.45, 7) is 2.75. The number of fused-ring (bicyclic) bond motifs is 2. The number of thiophene rings is 1. The van der Waals surface area contributed by atoms with E-state index in [0.29, 0.717) is 18.7 Å². The Kier molecular flexibility index (Phi) is 3.76. The molecule has 1 N–H and O–H groups in total. The van der Waals surface area contributed by atoms with E-state index in [1.165, 1.54) is 0 Å². The summed E-state index contributed by atoms with van der Waals surface area (Å²) < 4.78 is 6.36. The molecule has 5 rings (SSSR count). The standard InChI is InChI=1S/C18H15N5O3S/c24-18(25)17-19-9-15-16(21-17)13(23-4-6-26-7-5-23)10-27(15)14-3-1-2-12-11(14)8-20-22-12/h1-3,8-10H,4-7H2,(H-,20,22,24,25). The van der Waals surface area contributed by atoms with Crippen molar-refractivity contribution in [2.24, 2.45) is 0 Å². The first-order chi connectivity index (χ1) is 13.2. The van der Waals surface area contributed by atoms with Crippen LogP contribution in [0.1, 0.15) is 10.6 Å². The number of anilines is 1. The number of carbonyl (C=O) groups is 1. The van der Waals surface area contributed by atoms with Gasteiger partial charge in [-0.25, -0.2) is 9.97 Å². The van der Waals surface area contributed by atoms with Crippen molar-refractivity contribution in [3.8, 4) is 4.90 Å². The van der Waals surface area contributed by atoms with E-state index >= 15 is 0 Å². The van der Waals surface area contributed by atoms with Gasteiger partial charge in [-0.15, -0.1) is 0 Å². The zero-order valence-corrected chi connectivity index (χ0v) is 15.0. The summed E-state index contributed by atoms with van der Waals surface area (Å²) in [6, 6.07) is 6.03. The van der Waals surface area contributed by atoms with Gasteiger partial charge in [0, 0.05) is 23.6 Å². The molecule has 1 aliphatic rings. The van der Waals surface area contributed by atoms with E-state index in [1.807, 2.05) is 18.3 Å². The van der Waals surface area contributed by atoms with Gasteiger partial charge in [-0.05, 0) is 12.1 Å². The van der Waals surface area contributed by atoms with Crippen LogP contribution in [0.15, 0.2) is 36.0 Å². The number of aromatic nitrogens is 4. The van der Waals surface area contributed by atoms with Gasteiger partial charge >= 0.3 is 0 Å². The number of hydrogen-bond donors (Lipinski definition) is 1. The predicted molar refractivity (Wildman–Crippen MR) is 100 cm³/mol. The Hall–Kier alpha value is -3.04. The highest BCUT2D eigenvalue weighted by Gasteiger charge is 2.28. The quantitative estimate of drug-likeness (QED) is 0.535. The van der Waals surface area contributed by atoms with Crippen LogP contribution in [0, 0.1) is 0 Å².